The fourth-order valence-electron chi connectivity index (χ4n) is 7.27. The van der Waals surface area contributed by atoms with Crippen molar-refractivity contribution in [1.29, 1.82) is 0 Å². The number of aliphatic hydroxyl groups is 1. The van der Waals surface area contributed by atoms with Crippen LogP contribution in [0.3, 0.4) is 0 Å². The zero-order valence-electron chi connectivity index (χ0n) is 24.5. The van der Waals surface area contributed by atoms with E-state index in [1.54, 1.807) is 35.7 Å². The second-order valence-electron chi connectivity index (χ2n) is 12.1. The van der Waals surface area contributed by atoms with E-state index in [2.05, 4.69) is 0 Å². The number of carbonyl (C=O) groups excluding carboxylic acids is 4. The maximum Gasteiger partial charge on any atom is 0.471 e. The van der Waals surface area contributed by atoms with Crippen LogP contribution in [-0.4, -0.2) is 68.6 Å². The van der Waals surface area contributed by atoms with Gasteiger partial charge in [-0.3, -0.25) is 19.2 Å². The van der Waals surface area contributed by atoms with Crippen molar-refractivity contribution in [2.24, 2.45) is 17.8 Å². The van der Waals surface area contributed by atoms with Gasteiger partial charge in [-0.25, -0.2) is 0 Å². The van der Waals surface area contributed by atoms with Gasteiger partial charge in [0.2, 0.25) is 0 Å². The Kier molecular flexibility index (Phi) is 7.76. The molecule has 240 valence electrons. The Morgan fingerprint density at radius 3 is 2.15 bits per heavy atom. The molecule has 0 spiro atoms. The highest BCUT2D eigenvalue weighted by Crippen LogP contribution is 2.50. The molecule has 4 N–H and O–H groups in total. The van der Waals surface area contributed by atoms with E-state index in [9.17, 15) is 47.7 Å². The van der Waals surface area contributed by atoms with Gasteiger partial charge in [0.25, 0.3) is 0 Å². The largest absolute Gasteiger partial charge is 0.507 e. The number of rotatable bonds is 5. The fraction of sp³-hybridized carbons (Fsp3) is 0.353. The predicted molar refractivity (Wildman–Crippen MR) is 157 cm³/mol. The molecule has 1 saturated heterocycles. The van der Waals surface area contributed by atoms with E-state index in [-0.39, 0.29) is 40.3 Å². The molecule has 1 aliphatic heterocycles. The summed E-state index contributed by atoms with van der Waals surface area (Å²) in [7, 11) is 0. The third-order valence-corrected chi connectivity index (χ3v) is 9.51. The number of ether oxygens (including phenoxy) is 1. The van der Waals surface area contributed by atoms with Gasteiger partial charge >= 0.3 is 12.1 Å². The van der Waals surface area contributed by atoms with E-state index >= 15 is 0 Å². The summed E-state index contributed by atoms with van der Waals surface area (Å²) in [6, 6.07) is 12.0. The number of carbonyl (C=O) groups is 4. The highest BCUT2D eigenvalue weighted by molar-refractivity contribution is 6.23. The molecule has 7 atom stereocenters. The standard InChI is InChI=1S/C34H30F3NO8/c1-16-33(45,31(43)17-8-3-2-4-9-17)23(38-32(44)34(35,36)37)15-19(46-16)14-18-10-7-13-22-24(18)30(42)26-25(29(22)41)27(39)20-11-5-6-12-21(20)28(26)40/h2-12,16,18-19,22-24,39-40,45H,13-15H2,1H3,(H,38,44)/t16-,18?,19+,22?,23+,24?,33+/m1/s1. The number of amides is 1. The predicted octanol–water partition coefficient (Wildman–Crippen LogP) is 4.67. The minimum absolute atomic E-state index is 0.00350. The smallest absolute Gasteiger partial charge is 0.471 e. The normalized spacial score (nSPS) is 29.2. The van der Waals surface area contributed by atoms with E-state index in [0.717, 1.165) is 0 Å². The summed E-state index contributed by atoms with van der Waals surface area (Å²) < 4.78 is 46.1. The topological polar surface area (TPSA) is 150 Å². The van der Waals surface area contributed by atoms with Crippen molar-refractivity contribution >= 4 is 34.0 Å². The molecule has 3 aliphatic rings. The summed E-state index contributed by atoms with van der Waals surface area (Å²) >= 11 is 0. The first-order valence-corrected chi connectivity index (χ1v) is 14.8. The summed E-state index contributed by atoms with van der Waals surface area (Å²) in [5.74, 6) is -7.80. The number of halogens is 3. The Morgan fingerprint density at radius 1 is 0.957 bits per heavy atom. The molecule has 1 fully saturated rings. The van der Waals surface area contributed by atoms with Crippen molar-refractivity contribution in [3.8, 4) is 11.5 Å². The van der Waals surface area contributed by atoms with Crippen LogP contribution in [0.5, 0.6) is 11.5 Å². The Morgan fingerprint density at radius 2 is 1.54 bits per heavy atom. The van der Waals surface area contributed by atoms with Crippen molar-refractivity contribution in [3.63, 3.8) is 0 Å². The Labute approximate surface area is 260 Å². The van der Waals surface area contributed by atoms with Crippen LogP contribution in [0.15, 0.2) is 66.7 Å². The Hall–Kier alpha value is -4.55. The number of ketones is 3. The SMILES string of the molecule is C[C@H]1O[C@@H](CC2C=CCC3C(=O)c4c(c(O)c5ccccc5c4O)C(=O)C23)C[C@H](NC(=O)C(F)(F)F)[C@]1(O)C(=O)c1ccccc1. The number of alkyl halides is 3. The van der Waals surface area contributed by atoms with Gasteiger partial charge in [-0.15, -0.1) is 0 Å². The van der Waals surface area contributed by atoms with Crippen LogP contribution in [0.2, 0.25) is 0 Å². The third kappa shape index (κ3) is 4.96. The molecule has 3 unspecified atom stereocenters. The first-order valence-electron chi connectivity index (χ1n) is 14.8. The average molecular weight is 638 g/mol. The number of benzene rings is 3. The molecule has 1 amide bonds. The lowest BCUT2D eigenvalue weighted by molar-refractivity contribution is -0.187. The molecular weight excluding hydrogens is 607 g/mol. The summed E-state index contributed by atoms with van der Waals surface area (Å²) in [4.78, 5) is 53.4. The van der Waals surface area contributed by atoms with Crippen LogP contribution >= 0.6 is 0 Å². The van der Waals surface area contributed by atoms with Gasteiger partial charge in [-0.1, -0.05) is 66.7 Å². The summed E-state index contributed by atoms with van der Waals surface area (Å²) in [5, 5.41) is 36.0. The molecule has 12 heteroatoms. The van der Waals surface area contributed by atoms with Crippen LogP contribution < -0.4 is 5.32 Å². The molecule has 3 aromatic carbocycles. The van der Waals surface area contributed by atoms with Crippen LogP contribution in [0.1, 0.15) is 57.3 Å². The third-order valence-electron chi connectivity index (χ3n) is 9.51. The van der Waals surface area contributed by atoms with Gasteiger partial charge < -0.3 is 25.4 Å². The zero-order chi connectivity index (χ0) is 33.1. The molecule has 46 heavy (non-hydrogen) atoms. The molecule has 0 saturated carbocycles. The second-order valence-corrected chi connectivity index (χ2v) is 12.1. The van der Waals surface area contributed by atoms with Gasteiger partial charge in [-0.05, 0) is 32.1 Å². The first-order chi connectivity index (χ1) is 21.7. The van der Waals surface area contributed by atoms with Crippen LogP contribution in [-0.2, 0) is 9.53 Å². The van der Waals surface area contributed by atoms with Crippen LogP contribution in [0.25, 0.3) is 10.8 Å². The average Bonchev–Trinajstić information content (AvgIpc) is 3.03. The summed E-state index contributed by atoms with van der Waals surface area (Å²) in [6.07, 6.45) is -4.52. The van der Waals surface area contributed by atoms with Crippen LogP contribution in [0, 0.1) is 17.8 Å². The maximum atomic E-state index is 14.0. The fourth-order valence-corrected chi connectivity index (χ4v) is 7.27. The number of Topliss-reactive ketones (excluding diaryl/α,β-unsaturated/α-hetero) is 3. The lowest BCUT2D eigenvalue weighted by atomic mass is 9.63. The molecule has 0 radical (unpaired) electrons. The quantitative estimate of drug-likeness (QED) is 0.179. The number of phenols is 2. The molecular formula is C34H30F3NO8. The summed E-state index contributed by atoms with van der Waals surface area (Å²) in [6.45, 7) is 1.32. The van der Waals surface area contributed by atoms with E-state index < -0.39 is 89.0 Å². The molecule has 1 heterocycles. The lowest BCUT2D eigenvalue weighted by Gasteiger charge is -2.47. The van der Waals surface area contributed by atoms with Crippen molar-refractivity contribution < 1.29 is 52.4 Å². The number of fused-ring (bicyclic) bond motifs is 3. The minimum atomic E-state index is -5.30. The number of allylic oxidation sites excluding steroid dienone is 2. The Balaban J connectivity index is 1.33. The minimum Gasteiger partial charge on any atom is -0.507 e. The van der Waals surface area contributed by atoms with Crippen molar-refractivity contribution in [2.75, 3.05) is 0 Å². The van der Waals surface area contributed by atoms with Gasteiger partial charge in [0, 0.05) is 28.2 Å². The molecule has 2 aliphatic carbocycles. The van der Waals surface area contributed by atoms with Crippen LogP contribution in [0.4, 0.5) is 13.2 Å². The number of aromatic hydroxyl groups is 2. The van der Waals surface area contributed by atoms with Crippen molar-refractivity contribution in [1.82, 2.24) is 5.32 Å². The van der Waals surface area contributed by atoms with Gasteiger partial charge in [0.15, 0.2) is 23.0 Å². The molecule has 3 aromatic rings. The molecule has 6 rings (SSSR count). The van der Waals surface area contributed by atoms with E-state index in [0.29, 0.717) is 0 Å². The van der Waals surface area contributed by atoms with E-state index in [1.165, 1.54) is 43.3 Å². The monoisotopic (exact) mass is 637 g/mol. The van der Waals surface area contributed by atoms with E-state index in [1.807, 2.05) is 0 Å². The van der Waals surface area contributed by atoms with Gasteiger partial charge in [0.1, 0.15) is 11.5 Å². The highest BCUT2D eigenvalue weighted by atomic mass is 19.4. The zero-order valence-corrected chi connectivity index (χ0v) is 24.5. The number of hydrogen-bond acceptors (Lipinski definition) is 8. The number of phenolic OH excluding ortho intramolecular Hbond substituents is 2. The molecule has 0 bridgehead atoms. The maximum absolute atomic E-state index is 14.0. The van der Waals surface area contributed by atoms with Gasteiger partial charge in [-0.2, -0.15) is 13.2 Å². The summed E-state index contributed by atoms with van der Waals surface area (Å²) in [5.41, 5.74) is -3.11. The lowest BCUT2D eigenvalue weighted by Crippen LogP contribution is -2.68. The van der Waals surface area contributed by atoms with Gasteiger partial charge in [0.05, 0.1) is 29.4 Å². The van der Waals surface area contributed by atoms with Crippen molar-refractivity contribution in [2.45, 2.75) is 56.2 Å². The number of hydrogen-bond donors (Lipinski definition) is 4. The second kappa shape index (κ2) is 11.4. The van der Waals surface area contributed by atoms with Crippen molar-refractivity contribution in [3.05, 3.63) is 83.4 Å². The first kappa shape index (κ1) is 31.4. The molecule has 9 nitrogen and oxygen atoms in total. The highest BCUT2D eigenvalue weighted by Gasteiger charge is 2.57. The molecule has 0 aromatic heterocycles. The van der Waals surface area contributed by atoms with E-state index in [4.69, 9.17) is 4.74 Å². The Bertz CT molecular complexity index is 1790. The number of nitrogens with one attached hydrogen (secondary N) is 1.